The van der Waals surface area contributed by atoms with Crippen LogP contribution in [0.2, 0.25) is 0 Å². The molecule has 0 aromatic carbocycles. The average Bonchev–Trinajstić information content (AvgIpc) is 2.66. The summed E-state index contributed by atoms with van der Waals surface area (Å²) in [7, 11) is 0. The van der Waals surface area contributed by atoms with Gasteiger partial charge in [0.25, 0.3) is 0 Å². The first kappa shape index (κ1) is 24.8. The highest BCUT2D eigenvalue weighted by Gasteiger charge is 2.60. The molecular formula is C30H50O. The predicted molar refractivity (Wildman–Crippen MR) is 135 cm³/mol. The van der Waals surface area contributed by atoms with Gasteiger partial charge in [-0.3, -0.25) is 0 Å². The molecule has 3 aliphatic carbocycles. The lowest BCUT2D eigenvalue weighted by atomic mass is 9.39. The molecule has 0 aromatic heterocycles. The molecule has 31 heavy (non-hydrogen) atoms. The van der Waals surface area contributed by atoms with Crippen LogP contribution in [0.5, 0.6) is 0 Å². The molecule has 1 unspecified atom stereocenters. The number of hydrogen-bond donors (Lipinski definition) is 1. The standard InChI is InChI=1S/C30H50O/c1-22(10-8-11-23(2)17-21-31)12-14-25-24(3)13-15-27-29(25,6)20-16-26-28(4,5)18-9-19-30(26,27)7/h10,13,17,25-27,31H,8-9,11-12,14-16,18-21H2,1-7H3/b22-10+,23-17+/t25-,26+,27?,29+,30+/m1/s1. The maximum Gasteiger partial charge on any atom is 0.0614 e. The molecule has 0 bridgehead atoms. The van der Waals surface area contributed by atoms with E-state index in [1.165, 1.54) is 56.9 Å². The van der Waals surface area contributed by atoms with Crippen molar-refractivity contribution >= 4 is 0 Å². The van der Waals surface area contributed by atoms with Crippen molar-refractivity contribution in [1.29, 1.82) is 0 Å². The van der Waals surface area contributed by atoms with Crippen LogP contribution in [0.15, 0.2) is 34.9 Å². The molecule has 0 aliphatic heterocycles. The van der Waals surface area contributed by atoms with Gasteiger partial charge >= 0.3 is 0 Å². The SMILES string of the molecule is CC1=CCC2[C@@](C)(CC[C@H]3C(C)(C)CCC[C@]23C)[C@@H]1CC/C(C)=C/CC/C(C)=C/CO. The third-order valence-corrected chi connectivity index (χ3v) is 10.2. The quantitative estimate of drug-likeness (QED) is 0.404. The zero-order chi connectivity index (χ0) is 22.9. The van der Waals surface area contributed by atoms with Gasteiger partial charge in [0.2, 0.25) is 0 Å². The fourth-order valence-electron chi connectivity index (χ4n) is 8.44. The molecule has 0 saturated heterocycles. The number of fused-ring (bicyclic) bond motifs is 3. The van der Waals surface area contributed by atoms with Crippen molar-refractivity contribution in [2.24, 2.45) is 34.0 Å². The van der Waals surface area contributed by atoms with Crippen molar-refractivity contribution in [2.75, 3.05) is 6.61 Å². The van der Waals surface area contributed by atoms with Crippen LogP contribution in [-0.4, -0.2) is 11.7 Å². The Morgan fingerprint density at radius 1 is 0.968 bits per heavy atom. The monoisotopic (exact) mass is 426 g/mol. The van der Waals surface area contributed by atoms with Gasteiger partial charge in [0.1, 0.15) is 0 Å². The Hall–Kier alpha value is -0.820. The lowest BCUT2D eigenvalue weighted by molar-refractivity contribution is -0.145. The van der Waals surface area contributed by atoms with E-state index in [2.05, 4.69) is 60.6 Å². The van der Waals surface area contributed by atoms with E-state index < -0.39 is 0 Å². The Labute approximate surface area is 193 Å². The second-order valence-electron chi connectivity index (χ2n) is 12.6. The normalized spacial score (nSPS) is 38.3. The number of aliphatic hydroxyl groups is 1. The molecular weight excluding hydrogens is 376 g/mol. The molecule has 3 rings (SSSR count). The van der Waals surface area contributed by atoms with Gasteiger partial charge in [-0.15, -0.1) is 0 Å². The molecule has 0 heterocycles. The highest BCUT2D eigenvalue weighted by atomic mass is 16.2. The van der Waals surface area contributed by atoms with Crippen LogP contribution in [0.25, 0.3) is 0 Å². The van der Waals surface area contributed by atoms with Gasteiger partial charge in [0.15, 0.2) is 0 Å². The maximum atomic E-state index is 9.04. The number of rotatable bonds is 7. The second kappa shape index (κ2) is 9.58. The molecule has 1 nitrogen and oxygen atoms in total. The van der Waals surface area contributed by atoms with Crippen molar-refractivity contribution in [1.82, 2.24) is 0 Å². The summed E-state index contributed by atoms with van der Waals surface area (Å²) >= 11 is 0. The third kappa shape index (κ3) is 4.92. The molecule has 1 heteroatoms. The molecule has 0 radical (unpaired) electrons. The minimum atomic E-state index is 0.165. The molecule has 0 amide bonds. The van der Waals surface area contributed by atoms with Crippen LogP contribution in [-0.2, 0) is 0 Å². The van der Waals surface area contributed by atoms with E-state index in [4.69, 9.17) is 5.11 Å². The lowest BCUT2D eigenvalue weighted by Crippen LogP contribution is -2.57. The Kier molecular flexibility index (Phi) is 7.67. The minimum Gasteiger partial charge on any atom is -0.392 e. The molecule has 3 aliphatic rings. The van der Waals surface area contributed by atoms with E-state index in [1.54, 1.807) is 11.1 Å². The highest BCUT2D eigenvalue weighted by Crippen LogP contribution is 2.68. The summed E-state index contributed by atoms with van der Waals surface area (Å²) in [5.74, 6) is 2.49. The van der Waals surface area contributed by atoms with Crippen molar-refractivity contribution in [3.8, 4) is 0 Å². The van der Waals surface area contributed by atoms with E-state index in [1.807, 2.05) is 6.08 Å². The zero-order valence-electron chi connectivity index (χ0n) is 21.7. The third-order valence-electron chi connectivity index (χ3n) is 10.2. The van der Waals surface area contributed by atoms with E-state index in [9.17, 15) is 0 Å². The minimum absolute atomic E-state index is 0.165. The molecule has 0 aromatic rings. The van der Waals surface area contributed by atoms with Gasteiger partial charge in [0.05, 0.1) is 6.61 Å². The zero-order valence-corrected chi connectivity index (χ0v) is 21.7. The summed E-state index contributed by atoms with van der Waals surface area (Å²) < 4.78 is 0. The van der Waals surface area contributed by atoms with Crippen LogP contribution in [0.1, 0.15) is 113 Å². The fraction of sp³-hybridized carbons (Fsp3) is 0.800. The number of allylic oxidation sites excluding steroid dienone is 5. The molecule has 2 fully saturated rings. The van der Waals surface area contributed by atoms with Gasteiger partial charge in [0, 0.05) is 0 Å². The van der Waals surface area contributed by atoms with Gasteiger partial charge < -0.3 is 5.11 Å². The molecule has 1 N–H and O–H groups in total. The Morgan fingerprint density at radius 3 is 2.39 bits per heavy atom. The summed E-state index contributed by atoms with van der Waals surface area (Å²) in [6.07, 6.45) is 20.2. The summed E-state index contributed by atoms with van der Waals surface area (Å²) in [6.45, 7) is 17.5. The summed E-state index contributed by atoms with van der Waals surface area (Å²) in [6, 6.07) is 0. The van der Waals surface area contributed by atoms with Gasteiger partial charge in [-0.2, -0.15) is 0 Å². The number of hydrogen-bond acceptors (Lipinski definition) is 1. The molecule has 5 atom stereocenters. The molecule has 0 spiro atoms. The Morgan fingerprint density at radius 2 is 1.68 bits per heavy atom. The van der Waals surface area contributed by atoms with Crippen molar-refractivity contribution in [2.45, 2.75) is 113 Å². The van der Waals surface area contributed by atoms with Crippen molar-refractivity contribution in [3.63, 3.8) is 0 Å². The van der Waals surface area contributed by atoms with Crippen LogP contribution < -0.4 is 0 Å². The first-order valence-electron chi connectivity index (χ1n) is 13.1. The highest BCUT2D eigenvalue weighted by molar-refractivity contribution is 5.21. The van der Waals surface area contributed by atoms with Crippen LogP contribution in [0.4, 0.5) is 0 Å². The smallest absolute Gasteiger partial charge is 0.0614 e. The predicted octanol–water partition coefficient (Wildman–Crippen LogP) is 8.65. The summed E-state index contributed by atoms with van der Waals surface area (Å²) in [5.41, 5.74) is 6.03. The second-order valence-corrected chi connectivity index (χ2v) is 12.6. The molecule has 176 valence electrons. The van der Waals surface area contributed by atoms with Crippen molar-refractivity contribution < 1.29 is 5.11 Å². The fourth-order valence-corrected chi connectivity index (χ4v) is 8.44. The Balaban J connectivity index is 1.72. The van der Waals surface area contributed by atoms with Crippen molar-refractivity contribution in [3.05, 3.63) is 34.9 Å². The summed E-state index contributed by atoms with van der Waals surface area (Å²) in [5, 5.41) is 9.04. The van der Waals surface area contributed by atoms with E-state index in [-0.39, 0.29) is 6.61 Å². The molecule has 2 saturated carbocycles. The van der Waals surface area contributed by atoms with Crippen LogP contribution in [0, 0.1) is 34.0 Å². The number of aliphatic hydroxyl groups excluding tert-OH is 1. The van der Waals surface area contributed by atoms with Gasteiger partial charge in [-0.25, -0.2) is 0 Å². The van der Waals surface area contributed by atoms with Gasteiger partial charge in [-0.05, 0) is 113 Å². The van der Waals surface area contributed by atoms with Gasteiger partial charge in [-0.1, -0.05) is 69.1 Å². The topological polar surface area (TPSA) is 20.2 Å². The maximum absolute atomic E-state index is 9.04. The average molecular weight is 427 g/mol. The first-order chi connectivity index (χ1) is 14.5. The van der Waals surface area contributed by atoms with Crippen LogP contribution >= 0.6 is 0 Å². The first-order valence-corrected chi connectivity index (χ1v) is 13.1. The largest absolute Gasteiger partial charge is 0.392 e. The summed E-state index contributed by atoms with van der Waals surface area (Å²) in [4.78, 5) is 0. The Bertz CT molecular complexity index is 723. The van der Waals surface area contributed by atoms with E-state index in [0.29, 0.717) is 16.2 Å². The lowest BCUT2D eigenvalue weighted by Gasteiger charge is -2.65. The van der Waals surface area contributed by atoms with E-state index >= 15 is 0 Å². The van der Waals surface area contributed by atoms with Crippen LogP contribution in [0.3, 0.4) is 0 Å². The van der Waals surface area contributed by atoms with E-state index in [0.717, 1.165) is 30.6 Å².